The number of fused-ring (bicyclic) bond motifs is 1. The number of carbonyl (C=O) groups is 2. The molecule has 1 saturated heterocycles. The van der Waals surface area contributed by atoms with E-state index in [9.17, 15) is 14.7 Å². The van der Waals surface area contributed by atoms with Crippen LogP contribution in [0.5, 0.6) is 5.75 Å². The van der Waals surface area contributed by atoms with E-state index in [1.54, 1.807) is 36.0 Å². The lowest BCUT2D eigenvalue weighted by atomic mass is 9.96. The molecular formula is C31H32N4O4. The van der Waals surface area contributed by atoms with Gasteiger partial charge in [0.05, 0.1) is 23.9 Å². The van der Waals surface area contributed by atoms with Gasteiger partial charge in [0.2, 0.25) is 0 Å². The number of pyridine rings is 2. The molecule has 1 amide bonds. The highest BCUT2D eigenvalue weighted by Crippen LogP contribution is 2.41. The lowest BCUT2D eigenvalue weighted by molar-refractivity contribution is -0.140. The molecule has 1 atom stereocenters. The van der Waals surface area contributed by atoms with Crippen LogP contribution in [0.3, 0.4) is 0 Å². The number of ether oxygens (including phenoxy) is 1. The number of rotatable bonds is 10. The van der Waals surface area contributed by atoms with Crippen LogP contribution in [0.4, 0.5) is 0 Å². The molecule has 3 aromatic heterocycles. The monoisotopic (exact) mass is 524 g/mol. The van der Waals surface area contributed by atoms with Crippen LogP contribution in [0.15, 0.2) is 78.8 Å². The van der Waals surface area contributed by atoms with E-state index in [4.69, 9.17) is 4.74 Å². The number of imidazole rings is 1. The number of aryl methyl sites for hydroxylation is 1. The fourth-order valence-corrected chi connectivity index (χ4v) is 5.07. The van der Waals surface area contributed by atoms with Gasteiger partial charge < -0.3 is 14.7 Å². The van der Waals surface area contributed by atoms with Crippen molar-refractivity contribution in [1.82, 2.24) is 19.3 Å². The van der Waals surface area contributed by atoms with Crippen LogP contribution in [-0.2, 0) is 16.1 Å². The molecule has 0 saturated carbocycles. The summed E-state index contributed by atoms with van der Waals surface area (Å²) in [6, 6.07) is 15.7. The average Bonchev–Trinajstić information content (AvgIpc) is 3.42. The van der Waals surface area contributed by atoms with Crippen molar-refractivity contribution < 1.29 is 19.4 Å². The van der Waals surface area contributed by atoms with Gasteiger partial charge >= 0.3 is 0 Å². The summed E-state index contributed by atoms with van der Waals surface area (Å²) in [7, 11) is 0. The molecule has 1 N–H and O–H groups in total. The summed E-state index contributed by atoms with van der Waals surface area (Å²) in [6.45, 7) is 4.75. The van der Waals surface area contributed by atoms with Crippen molar-refractivity contribution in [3.63, 3.8) is 0 Å². The zero-order chi connectivity index (χ0) is 27.4. The largest absolute Gasteiger partial charge is 0.505 e. The predicted molar refractivity (Wildman–Crippen MR) is 148 cm³/mol. The highest BCUT2D eigenvalue weighted by molar-refractivity contribution is 6.46. The van der Waals surface area contributed by atoms with Crippen molar-refractivity contribution in [3.8, 4) is 5.75 Å². The van der Waals surface area contributed by atoms with E-state index in [2.05, 4.69) is 16.9 Å². The highest BCUT2D eigenvalue weighted by atomic mass is 16.5. The van der Waals surface area contributed by atoms with E-state index < -0.39 is 17.7 Å². The minimum Gasteiger partial charge on any atom is -0.505 e. The Balaban J connectivity index is 1.55. The molecule has 1 aromatic carbocycles. The summed E-state index contributed by atoms with van der Waals surface area (Å²) in [4.78, 5) is 37.0. The second-order valence-corrected chi connectivity index (χ2v) is 9.74. The number of Topliss-reactive ketones (excluding diaryl/α,β-unsaturated/α-hetero) is 1. The van der Waals surface area contributed by atoms with Crippen molar-refractivity contribution in [2.45, 2.75) is 52.1 Å². The standard InChI is InChI=1S/C31H32N4O4/c1-3-4-5-8-18-39-24-14-12-23(13-15-24)28-26(29(36)27-21(2)33-25-11-6-7-17-34(25)27)30(37)31(38)35(28)20-22-10-9-16-32-19-22/h6-7,9-17,19,28,36H,3-5,8,18,20H2,1-2H3. The Morgan fingerprint density at radius 3 is 2.59 bits per heavy atom. The molecule has 1 unspecified atom stereocenters. The van der Waals surface area contributed by atoms with Gasteiger partial charge in [-0.25, -0.2) is 4.98 Å². The van der Waals surface area contributed by atoms with Crippen LogP contribution in [0.25, 0.3) is 11.4 Å². The van der Waals surface area contributed by atoms with Crippen molar-refractivity contribution in [3.05, 3.63) is 101 Å². The Bertz CT molecular complexity index is 1510. The fourth-order valence-electron chi connectivity index (χ4n) is 5.07. The summed E-state index contributed by atoms with van der Waals surface area (Å²) in [5.74, 6) is -0.937. The molecule has 8 nitrogen and oxygen atoms in total. The number of carbonyl (C=O) groups excluding carboxylic acids is 2. The predicted octanol–water partition coefficient (Wildman–Crippen LogP) is 5.62. The topological polar surface area (TPSA) is 97.0 Å². The van der Waals surface area contributed by atoms with Crippen LogP contribution in [0, 0.1) is 6.92 Å². The second kappa shape index (κ2) is 11.5. The smallest absolute Gasteiger partial charge is 0.295 e. The summed E-state index contributed by atoms with van der Waals surface area (Å²) >= 11 is 0. The maximum absolute atomic E-state index is 13.5. The van der Waals surface area contributed by atoms with Gasteiger partial charge in [-0.15, -0.1) is 0 Å². The Labute approximate surface area is 227 Å². The minimum absolute atomic E-state index is 0.0332. The number of aliphatic hydroxyl groups is 1. The van der Waals surface area contributed by atoms with Crippen molar-refractivity contribution in [1.29, 1.82) is 0 Å². The SMILES string of the molecule is CCCCCCOc1ccc(C2C(=C(O)c3c(C)nc4ccccn34)C(=O)C(=O)N2Cc2cccnc2)cc1. The molecule has 4 aromatic rings. The van der Waals surface area contributed by atoms with Crippen LogP contribution in [0.2, 0.25) is 0 Å². The summed E-state index contributed by atoms with van der Waals surface area (Å²) in [6.07, 6.45) is 9.56. The second-order valence-electron chi connectivity index (χ2n) is 9.74. The van der Waals surface area contributed by atoms with Crippen LogP contribution < -0.4 is 4.74 Å². The molecule has 0 spiro atoms. The van der Waals surface area contributed by atoms with Gasteiger partial charge in [-0.3, -0.25) is 19.0 Å². The first-order valence-electron chi connectivity index (χ1n) is 13.3. The Kier molecular flexibility index (Phi) is 7.72. The van der Waals surface area contributed by atoms with Crippen molar-refractivity contribution in [2.24, 2.45) is 0 Å². The fraction of sp³-hybridized carbons (Fsp3) is 0.290. The Morgan fingerprint density at radius 1 is 1.03 bits per heavy atom. The first-order valence-corrected chi connectivity index (χ1v) is 13.3. The third kappa shape index (κ3) is 5.27. The van der Waals surface area contributed by atoms with Crippen LogP contribution in [0.1, 0.15) is 61.2 Å². The number of likely N-dealkylation sites (tertiary alicyclic amines) is 1. The van der Waals surface area contributed by atoms with Gasteiger partial charge in [0.15, 0.2) is 5.76 Å². The summed E-state index contributed by atoms with van der Waals surface area (Å²) in [5.41, 5.74) is 3.10. The molecule has 0 radical (unpaired) electrons. The highest BCUT2D eigenvalue weighted by Gasteiger charge is 2.46. The van der Waals surface area contributed by atoms with E-state index >= 15 is 0 Å². The Morgan fingerprint density at radius 2 is 1.85 bits per heavy atom. The first-order chi connectivity index (χ1) is 19.0. The first kappa shape index (κ1) is 26.2. The van der Waals surface area contributed by atoms with E-state index in [-0.39, 0.29) is 17.9 Å². The number of ketones is 1. The molecule has 4 heterocycles. The molecule has 1 fully saturated rings. The molecule has 5 rings (SSSR count). The molecule has 1 aliphatic heterocycles. The normalized spacial score (nSPS) is 16.8. The number of benzene rings is 1. The zero-order valence-electron chi connectivity index (χ0n) is 22.2. The summed E-state index contributed by atoms with van der Waals surface area (Å²) < 4.78 is 7.63. The van der Waals surface area contributed by atoms with E-state index in [1.165, 1.54) is 17.7 Å². The molecule has 8 heteroatoms. The lowest BCUT2D eigenvalue weighted by Crippen LogP contribution is -2.29. The minimum atomic E-state index is -0.794. The maximum atomic E-state index is 13.5. The third-order valence-corrected chi connectivity index (χ3v) is 7.01. The van der Waals surface area contributed by atoms with Crippen molar-refractivity contribution >= 4 is 23.1 Å². The number of aromatic nitrogens is 3. The molecule has 0 aliphatic carbocycles. The molecule has 200 valence electrons. The molecule has 1 aliphatic rings. The number of unbranched alkanes of at least 4 members (excludes halogenated alkanes) is 3. The number of hydrogen-bond acceptors (Lipinski definition) is 6. The molecule has 0 bridgehead atoms. The van der Waals surface area contributed by atoms with Gasteiger partial charge in [-0.2, -0.15) is 0 Å². The van der Waals surface area contributed by atoms with Gasteiger partial charge in [0.1, 0.15) is 17.1 Å². The van der Waals surface area contributed by atoms with Crippen LogP contribution in [-0.4, -0.2) is 42.7 Å². The van der Waals surface area contributed by atoms with Crippen LogP contribution >= 0.6 is 0 Å². The van der Waals surface area contributed by atoms with E-state index in [1.807, 2.05) is 48.5 Å². The van der Waals surface area contributed by atoms with E-state index in [0.29, 0.717) is 29.2 Å². The average molecular weight is 525 g/mol. The van der Waals surface area contributed by atoms with Gasteiger partial charge in [-0.1, -0.05) is 50.5 Å². The third-order valence-electron chi connectivity index (χ3n) is 7.01. The molecular weight excluding hydrogens is 492 g/mol. The molecule has 39 heavy (non-hydrogen) atoms. The van der Waals surface area contributed by atoms with E-state index in [0.717, 1.165) is 24.2 Å². The Hall–Kier alpha value is -4.46. The number of aliphatic hydroxyl groups excluding tert-OH is 1. The maximum Gasteiger partial charge on any atom is 0.295 e. The van der Waals surface area contributed by atoms with Gasteiger partial charge in [0, 0.05) is 25.1 Å². The zero-order valence-corrected chi connectivity index (χ0v) is 22.2. The number of nitrogens with zero attached hydrogens (tertiary/aromatic N) is 4. The number of hydrogen-bond donors (Lipinski definition) is 1. The van der Waals surface area contributed by atoms with Gasteiger partial charge in [0.25, 0.3) is 11.7 Å². The summed E-state index contributed by atoms with van der Waals surface area (Å²) in [5, 5.41) is 11.6. The van der Waals surface area contributed by atoms with Crippen molar-refractivity contribution in [2.75, 3.05) is 6.61 Å². The number of amides is 1. The quantitative estimate of drug-likeness (QED) is 0.125. The lowest BCUT2D eigenvalue weighted by Gasteiger charge is -2.25. The van der Waals surface area contributed by atoms with Gasteiger partial charge in [-0.05, 0) is 54.8 Å².